The van der Waals surface area contributed by atoms with E-state index < -0.39 is 11.9 Å². The van der Waals surface area contributed by atoms with E-state index in [2.05, 4.69) is 36.6 Å². The number of esters is 2. The van der Waals surface area contributed by atoms with Crippen molar-refractivity contribution in [1.29, 1.82) is 0 Å². The number of rotatable bonds is 10. The van der Waals surface area contributed by atoms with Crippen molar-refractivity contribution < 1.29 is 39.5 Å². The Balaban J connectivity index is 0. The highest BCUT2D eigenvalue weighted by Gasteiger charge is 2.25. The fraction of sp³-hybridized carbons (Fsp3) is 0.733. The first kappa shape index (κ1) is 26.9. The van der Waals surface area contributed by atoms with Gasteiger partial charge in [0, 0.05) is 54.7 Å². The van der Waals surface area contributed by atoms with Crippen molar-refractivity contribution in [1.82, 2.24) is 0 Å². The lowest BCUT2D eigenvalue weighted by atomic mass is 9.97. The molecule has 0 aromatic heterocycles. The number of carbonyl (C=O) groups is 2. The summed E-state index contributed by atoms with van der Waals surface area (Å²) in [5.74, 6) is -1.16. The van der Waals surface area contributed by atoms with Crippen LogP contribution in [0.3, 0.4) is 0 Å². The number of halogens is 2. The topological polar surface area (TPSA) is 134 Å². The molecule has 148 valence electrons. The fourth-order valence-corrected chi connectivity index (χ4v) is 2.63. The summed E-state index contributed by atoms with van der Waals surface area (Å²) >= 11 is 6.41. The SMILES string of the molecule is O=C1C=CC(=O)O1.OCC(CO)(CBr)CBr.OCCCOCCCO. The van der Waals surface area contributed by atoms with Gasteiger partial charge in [-0.25, -0.2) is 9.59 Å². The van der Waals surface area contributed by atoms with Gasteiger partial charge in [0.1, 0.15) is 0 Å². The predicted octanol–water partition coefficient (Wildman–Crippen LogP) is 0.141. The summed E-state index contributed by atoms with van der Waals surface area (Å²) in [7, 11) is 0. The zero-order valence-electron chi connectivity index (χ0n) is 13.9. The fourth-order valence-electron chi connectivity index (χ4n) is 0.993. The van der Waals surface area contributed by atoms with E-state index in [-0.39, 0.29) is 31.8 Å². The van der Waals surface area contributed by atoms with E-state index in [1.54, 1.807) is 0 Å². The van der Waals surface area contributed by atoms with E-state index in [0.717, 1.165) is 12.2 Å². The Morgan fingerprint density at radius 2 is 1.28 bits per heavy atom. The smallest absolute Gasteiger partial charge is 0.338 e. The Bertz CT molecular complexity index is 333. The molecule has 0 saturated heterocycles. The third-order valence-corrected chi connectivity index (χ3v) is 5.07. The van der Waals surface area contributed by atoms with Crippen LogP contribution in [0.2, 0.25) is 0 Å². The number of cyclic esters (lactones) is 2. The van der Waals surface area contributed by atoms with Crippen LogP contribution in [-0.2, 0) is 19.1 Å². The van der Waals surface area contributed by atoms with E-state index in [4.69, 9.17) is 25.2 Å². The first-order valence-electron chi connectivity index (χ1n) is 7.52. The number of carbonyl (C=O) groups excluding carboxylic acids is 2. The summed E-state index contributed by atoms with van der Waals surface area (Å²) in [5.41, 5.74) is -0.389. The molecule has 1 aliphatic rings. The first-order valence-corrected chi connectivity index (χ1v) is 9.76. The van der Waals surface area contributed by atoms with Crippen LogP contribution >= 0.6 is 31.9 Å². The van der Waals surface area contributed by atoms with Gasteiger partial charge in [0.25, 0.3) is 0 Å². The Kier molecular flexibility index (Phi) is 19.8. The van der Waals surface area contributed by atoms with E-state index in [1.807, 2.05) is 0 Å². The Morgan fingerprint density at radius 3 is 1.44 bits per heavy atom. The van der Waals surface area contributed by atoms with Crippen LogP contribution in [0.4, 0.5) is 0 Å². The summed E-state index contributed by atoms with van der Waals surface area (Å²) in [4.78, 5) is 19.8. The molecule has 0 amide bonds. The minimum atomic E-state index is -0.579. The second kappa shape index (κ2) is 18.4. The van der Waals surface area contributed by atoms with Crippen molar-refractivity contribution in [2.45, 2.75) is 12.8 Å². The number of hydrogen-bond acceptors (Lipinski definition) is 8. The molecule has 1 heterocycles. The molecule has 0 unspecified atom stereocenters. The maximum Gasteiger partial charge on any atom is 0.338 e. The average Bonchev–Trinajstić information content (AvgIpc) is 3.01. The van der Waals surface area contributed by atoms with Crippen molar-refractivity contribution >= 4 is 43.8 Å². The molecule has 0 aromatic rings. The van der Waals surface area contributed by atoms with Crippen LogP contribution in [0, 0.1) is 5.41 Å². The number of alkyl halides is 2. The standard InChI is InChI=1S/C6H14O3.C5H10Br2O2.C4H2O3/c7-3-1-5-9-6-2-4-8;6-1-5(2-7,3-8)4-9;5-3-1-2-4(6)7-3/h7-8H,1-6H2;8-9H,1-4H2;1-2H. The molecule has 0 spiro atoms. The van der Waals surface area contributed by atoms with E-state index in [1.165, 1.54) is 0 Å². The van der Waals surface area contributed by atoms with Crippen molar-refractivity contribution in [2.75, 3.05) is 50.3 Å². The molecule has 1 rings (SSSR count). The summed E-state index contributed by atoms with van der Waals surface area (Å²) in [6.45, 7) is 1.55. The number of hydrogen-bond donors (Lipinski definition) is 4. The van der Waals surface area contributed by atoms with Crippen molar-refractivity contribution in [3.05, 3.63) is 12.2 Å². The van der Waals surface area contributed by atoms with Crippen LogP contribution in [0.25, 0.3) is 0 Å². The van der Waals surface area contributed by atoms with Gasteiger partial charge < -0.3 is 29.9 Å². The zero-order valence-corrected chi connectivity index (χ0v) is 17.1. The van der Waals surface area contributed by atoms with Gasteiger partial charge in [0.05, 0.1) is 13.2 Å². The van der Waals surface area contributed by atoms with E-state index in [0.29, 0.717) is 36.7 Å². The van der Waals surface area contributed by atoms with Crippen LogP contribution in [0.1, 0.15) is 12.8 Å². The number of aliphatic hydroxyl groups is 4. The highest BCUT2D eigenvalue weighted by atomic mass is 79.9. The molecule has 0 aromatic carbocycles. The Labute approximate surface area is 164 Å². The highest BCUT2D eigenvalue weighted by molar-refractivity contribution is 9.09. The van der Waals surface area contributed by atoms with Gasteiger partial charge in [-0.3, -0.25) is 0 Å². The first-order chi connectivity index (χ1) is 11.9. The summed E-state index contributed by atoms with van der Waals surface area (Å²) in [5, 5.41) is 35.3. The normalized spacial score (nSPS) is 12.9. The monoisotopic (exact) mass is 492 g/mol. The van der Waals surface area contributed by atoms with Gasteiger partial charge in [-0.2, -0.15) is 0 Å². The molecule has 10 heteroatoms. The molecular weight excluding hydrogens is 468 g/mol. The van der Waals surface area contributed by atoms with E-state index in [9.17, 15) is 9.59 Å². The molecule has 0 saturated carbocycles. The molecule has 0 radical (unpaired) electrons. The van der Waals surface area contributed by atoms with Gasteiger partial charge >= 0.3 is 11.9 Å². The van der Waals surface area contributed by atoms with Gasteiger partial charge in [-0.1, -0.05) is 31.9 Å². The Morgan fingerprint density at radius 1 is 0.880 bits per heavy atom. The molecule has 0 aliphatic carbocycles. The van der Waals surface area contributed by atoms with Gasteiger partial charge in [0.15, 0.2) is 0 Å². The summed E-state index contributed by atoms with van der Waals surface area (Å²) < 4.78 is 8.97. The van der Waals surface area contributed by atoms with Crippen molar-refractivity contribution in [3.8, 4) is 0 Å². The number of ether oxygens (including phenoxy) is 2. The minimum absolute atomic E-state index is 0. The largest absolute Gasteiger partial charge is 0.396 e. The molecular formula is C15H26Br2O8. The maximum atomic E-state index is 9.92. The third-order valence-electron chi connectivity index (χ3n) is 2.69. The molecule has 0 fully saturated rings. The van der Waals surface area contributed by atoms with Crippen LogP contribution in [-0.4, -0.2) is 82.7 Å². The zero-order chi connectivity index (χ0) is 19.6. The summed E-state index contributed by atoms with van der Waals surface area (Å²) in [6, 6.07) is 0. The molecule has 4 N–H and O–H groups in total. The second-order valence-corrected chi connectivity index (χ2v) is 6.05. The average molecular weight is 494 g/mol. The minimum Gasteiger partial charge on any atom is -0.396 e. The molecule has 1 aliphatic heterocycles. The van der Waals surface area contributed by atoms with Gasteiger partial charge in [0.2, 0.25) is 0 Å². The lowest BCUT2D eigenvalue weighted by Gasteiger charge is -2.23. The van der Waals surface area contributed by atoms with Crippen molar-refractivity contribution in [2.24, 2.45) is 5.41 Å². The summed E-state index contributed by atoms with van der Waals surface area (Å²) in [6.07, 6.45) is 3.54. The molecule has 25 heavy (non-hydrogen) atoms. The van der Waals surface area contributed by atoms with Gasteiger partial charge in [-0.15, -0.1) is 0 Å². The highest BCUT2D eigenvalue weighted by Crippen LogP contribution is 2.20. The van der Waals surface area contributed by atoms with Gasteiger partial charge in [-0.05, 0) is 12.8 Å². The Hall–Kier alpha value is -0.360. The molecule has 0 bridgehead atoms. The lowest BCUT2D eigenvalue weighted by molar-refractivity contribution is -0.150. The third kappa shape index (κ3) is 15.6. The van der Waals surface area contributed by atoms with E-state index >= 15 is 0 Å². The molecule has 0 atom stereocenters. The number of aliphatic hydroxyl groups excluding tert-OH is 4. The maximum absolute atomic E-state index is 9.92. The second-order valence-electron chi connectivity index (χ2n) is 4.92. The predicted molar refractivity (Wildman–Crippen MR) is 98.7 cm³/mol. The van der Waals surface area contributed by atoms with Crippen LogP contribution < -0.4 is 0 Å². The van der Waals surface area contributed by atoms with Crippen molar-refractivity contribution in [3.63, 3.8) is 0 Å². The lowest BCUT2D eigenvalue weighted by Crippen LogP contribution is -2.33. The quantitative estimate of drug-likeness (QED) is 0.146. The molecule has 8 nitrogen and oxygen atoms in total. The van der Waals surface area contributed by atoms with Crippen LogP contribution in [0.15, 0.2) is 12.2 Å². The van der Waals surface area contributed by atoms with Crippen LogP contribution in [0.5, 0.6) is 0 Å².